The molecule has 4 aliphatic rings. The molecule has 1 aliphatic carbocycles. The Balaban J connectivity index is 1.29. The predicted octanol–water partition coefficient (Wildman–Crippen LogP) is -0.144. The number of hydrogen-bond acceptors (Lipinski definition) is 5. The second-order valence-corrected chi connectivity index (χ2v) is 7.05. The Morgan fingerprint density at radius 1 is 1.00 bits per heavy atom. The van der Waals surface area contributed by atoms with Crippen LogP contribution in [0.2, 0.25) is 0 Å². The lowest BCUT2D eigenvalue weighted by Crippen LogP contribution is -2.50. The smallest absolute Gasteiger partial charge is 0.410 e. The molecule has 9 nitrogen and oxygen atoms in total. The van der Waals surface area contributed by atoms with Crippen LogP contribution < -0.4 is 0 Å². The number of rotatable bonds is 4. The number of piperidine rings is 1. The number of cyclic esters (lactones) is 1. The first kappa shape index (κ1) is 16.2. The van der Waals surface area contributed by atoms with Gasteiger partial charge in [-0.15, -0.1) is 0 Å². The maximum absolute atomic E-state index is 12.5. The summed E-state index contributed by atoms with van der Waals surface area (Å²) in [7, 11) is 0. The van der Waals surface area contributed by atoms with Crippen molar-refractivity contribution in [1.82, 2.24) is 19.6 Å². The van der Waals surface area contributed by atoms with Crippen LogP contribution in [0.3, 0.4) is 0 Å². The third-order valence-corrected chi connectivity index (χ3v) is 5.37. The Kier molecular flexibility index (Phi) is 4.01. The van der Waals surface area contributed by atoms with Crippen LogP contribution in [0.5, 0.6) is 0 Å². The molecule has 0 bridgehead atoms. The molecule has 0 radical (unpaired) electrons. The molecule has 4 fully saturated rings. The number of carbonyl (C=O) groups is 4. The average Bonchev–Trinajstić information content (AvgIpc) is 3.29. The van der Waals surface area contributed by atoms with Gasteiger partial charge in [0.2, 0.25) is 5.91 Å². The summed E-state index contributed by atoms with van der Waals surface area (Å²) < 4.78 is 4.83. The average molecular weight is 350 g/mol. The van der Waals surface area contributed by atoms with Gasteiger partial charge >= 0.3 is 12.1 Å². The van der Waals surface area contributed by atoms with E-state index in [4.69, 9.17) is 4.74 Å². The number of likely N-dealkylation sites (tertiary alicyclic amines) is 1. The van der Waals surface area contributed by atoms with Crippen LogP contribution in [0, 0.1) is 0 Å². The van der Waals surface area contributed by atoms with Gasteiger partial charge in [0.05, 0.1) is 6.54 Å². The van der Waals surface area contributed by atoms with Gasteiger partial charge in [-0.25, -0.2) is 9.59 Å². The third kappa shape index (κ3) is 3.03. The lowest BCUT2D eigenvalue weighted by molar-refractivity contribution is -0.133. The van der Waals surface area contributed by atoms with Crippen molar-refractivity contribution in [3.05, 3.63) is 0 Å². The molecule has 0 aromatic heterocycles. The molecule has 9 heteroatoms. The minimum Gasteiger partial charge on any atom is -0.448 e. The van der Waals surface area contributed by atoms with Gasteiger partial charge in [-0.2, -0.15) is 0 Å². The van der Waals surface area contributed by atoms with Gasteiger partial charge in [0, 0.05) is 25.2 Å². The molecule has 0 unspecified atom stereocenters. The van der Waals surface area contributed by atoms with Crippen LogP contribution in [0.4, 0.5) is 9.59 Å². The first-order valence-corrected chi connectivity index (χ1v) is 8.86. The Morgan fingerprint density at radius 2 is 1.72 bits per heavy atom. The highest BCUT2D eigenvalue weighted by molar-refractivity contribution is 6.02. The molecule has 3 saturated heterocycles. The summed E-state index contributed by atoms with van der Waals surface area (Å²) >= 11 is 0. The Hall–Kier alpha value is -2.32. The fourth-order valence-electron chi connectivity index (χ4n) is 3.77. The standard InChI is InChI=1S/C16H22N4O5/c21-13(9-18-7-8-25-16(18)24)17-5-3-11(4-6-17)19-10-14(22)20(15(19)23)12-1-2-12/h11-12H,1-10H2. The van der Waals surface area contributed by atoms with E-state index in [1.165, 1.54) is 9.80 Å². The topological polar surface area (TPSA) is 90.5 Å². The van der Waals surface area contributed by atoms with Crippen molar-refractivity contribution in [2.24, 2.45) is 0 Å². The van der Waals surface area contributed by atoms with E-state index in [1.54, 1.807) is 9.80 Å². The van der Waals surface area contributed by atoms with E-state index < -0.39 is 6.09 Å². The fraction of sp³-hybridized carbons (Fsp3) is 0.750. The number of hydrogen-bond donors (Lipinski definition) is 0. The molecule has 3 aliphatic heterocycles. The molecular weight excluding hydrogens is 328 g/mol. The Morgan fingerprint density at radius 3 is 2.32 bits per heavy atom. The van der Waals surface area contributed by atoms with E-state index >= 15 is 0 Å². The Bertz CT molecular complexity index is 612. The zero-order chi connectivity index (χ0) is 17.6. The fourth-order valence-corrected chi connectivity index (χ4v) is 3.77. The number of carbonyl (C=O) groups excluding carboxylic acids is 4. The van der Waals surface area contributed by atoms with Crippen molar-refractivity contribution < 1.29 is 23.9 Å². The first-order chi connectivity index (χ1) is 12.0. The molecule has 0 N–H and O–H groups in total. The molecule has 0 spiro atoms. The second kappa shape index (κ2) is 6.20. The SMILES string of the molecule is O=C(CN1CCOC1=O)N1CCC(N2CC(=O)N(C3CC3)C2=O)CC1. The summed E-state index contributed by atoms with van der Waals surface area (Å²) in [4.78, 5) is 54.5. The number of nitrogens with zero attached hydrogens (tertiary/aromatic N) is 4. The van der Waals surface area contributed by atoms with Crippen LogP contribution in [0.25, 0.3) is 0 Å². The van der Waals surface area contributed by atoms with Crippen molar-refractivity contribution >= 4 is 23.9 Å². The van der Waals surface area contributed by atoms with Crippen molar-refractivity contribution in [3.8, 4) is 0 Å². The highest BCUT2D eigenvalue weighted by atomic mass is 16.6. The quantitative estimate of drug-likeness (QED) is 0.658. The van der Waals surface area contributed by atoms with Gasteiger partial charge < -0.3 is 14.5 Å². The predicted molar refractivity (Wildman–Crippen MR) is 84.5 cm³/mol. The van der Waals surface area contributed by atoms with Crippen LogP contribution >= 0.6 is 0 Å². The summed E-state index contributed by atoms with van der Waals surface area (Å²) in [5.74, 6) is -0.195. The molecule has 4 rings (SSSR count). The van der Waals surface area contributed by atoms with Gasteiger partial charge in [-0.05, 0) is 25.7 Å². The summed E-state index contributed by atoms with van der Waals surface area (Å²) in [5.41, 5.74) is 0. The Labute approximate surface area is 145 Å². The van der Waals surface area contributed by atoms with Crippen molar-refractivity contribution in [3.63, 3.8) is 0 Å². The van der Waals surface area contributed by atoms with Gasteiger partial charge in [0.15, 0.2) is 0 Å². The number of urea groups is 1. The zero-order valence-corrected chi connectivity index (χ0v) is 14.1. The lowest BCUT2D eigenvalue weighted by atomic mass is 10.0. The first-order valence-electron chi connectivity index (χ1n) is 8.86. The van der Waals surface area contributed by atoms with E-state index in [0.717, 1.165) is 12.8 Å². The minimum absolute atomic E-state index is 0.000928. The highest BCUT2D eigenvalue weighted by Gasteiger charge is 2.47. The molecular formula is C16H22N4O5. The molecule has 0 aromatic carbocycles. The van der Waals surface area contributed by atoms with Crippen molar-refractivity contribution in [1.29, 1.82) is 0 Å². The van der Waals surface area contributed by atoms with Crippen LogP contribution in [0.15, 0.2) is 0 Å². The lowest BCUT2D eigenvalue weighted by Gasteiger charge is -2.36. The van der Waals surface area contributed by atoms with Crippen molar-refractivity contribution in [2.75, 3.05) is 39.3 Å². The zero-order valence-electron chi connectivity index (χ0n) is 14.1. The minimum atomic E-state index is -0.440. The summed E-state index contributed by atoms with van der Waals surface area (Å²) in [6.45, 7) is 2.05. The molecule has 25 heavy (non-hydrogen) atoms. The molecule has 0 aromatic rings. The number of amides is 5. The number of ether oxygens (including phenoxy) is 1. The van der Waals surface area contributed by atoms with E-state index in [1.807, 2.05) is 0 Å². The van der Waals surface area contributed by atoms with Crippen LogP contribution in [-0.4, -0.2) is 95.0 Å². The number of imide groups is 1. The third-order valence-electron chi connectivity index (χ3n) is 5.37. The van der Waals surface area contributed by atoms with E-state index in [-0.39, 0.29) is 43.0 Å². The van der Waals surface area contributed by atoms with Crippen LogP contribution in [-0.2, 0) is 14.3 Å². The van der Waals surface area contributed by atoms with Gasteiger partial charge in [0.25, 0.3) is 5.91 Å². The summed E-state index contributed by atoms with van der Waals surface area (Å²) in [5, 5.41) is 0. The van der Waals surface area contributed by atoms with Gasteiger partial charge in [-0.1, -0.05) is 0 Å². The largest absolute Gasteiger partial charge is 0.448 e. The maximum atomic E-state index is 12.5. The van der Waals surface area contributed by atoms with Crippen molar-refractivity contribution in [2.45, 2.75) is 37.8 Å². The molecule has 3 heterocycles. The monoisotopic (exact) mass is 350 g/mol. The molecule has 1 saturated carbocycles. The molecule has 5 amide bonds. The second-order valence-electron chi connectivity index (χ2n) is 7.05. The van der Waals surface area contributed by atoms with Gasteiger partial charge in [-0.3, -0.25) is 19.4 Å². The summed E-state index contributed by atoms with van der Waals surface area (Å²) in [6, 6.07) is -0.0648. The van der Waals surface area contributed by atoms with Gasteiger partial charge in [0.1, 0.15) is 19.7 Å². The van der Waals surface area contributed by atoms with E-state index in [9.17, 15) is 19.2 Å². The van der Waals surface area contributed by atoms with Crippen LogP contribution in [0.1, 0.15) is 25.7 Å². The molecule has 136 valence electrons. The van der Waals surface area contributed by atoms with E-state index in [2.05, 4.69) is 0 Å². The summed E-state index contributed by atoms with van der Waals surface area (Å²) in [6.07, 6.45) is 2.71. The van der Waals surface area contributed by atoms with E-state index in [0.29, 0.717) is 39.1 Å². The molecule has 0 atom stereocenters. The maximum Gasteiger partial charge on any atom is 0.410 e. The normalized spacial score (nSPS) is 25.2. The highest BCUT2D eigenvalue weighted by Crippen LogP contribution is 2.32.